The zero-order valence-corrected chi connectivity index (χ0v) is 20.4. The van der Waals surface area contributed by atoms with Crippen LogP contribution >= 0.6 is 0 Å². The van der Waals surface area contributed by atoms with Crippen molar-refractivity contribution >= 4 is 5.91 Å². The molecule has 4 aromatic rings. The van der Waals surface area contributed by atoms with Crippen molar-refractivity contribution in [3.05, 3.63) is 90.1 Å². The van der Waals surface area contributed by atoms with Gasteiger partial charge in [0, 0.05) is 30.9 Å². The van der Waals surface area contributed by atoms with Gasteiger partial charge in [-0.1, -0.05) is 30.3 Å². The van der Waals surface area contributed by atoms with Crippen LogP contribution < -0.4 is 9.47 Å². The monoisotopic (exact) mass is 483 g/mol. The Bertz CT molecular complexity index is 1340. The van der Waals surface area contributed by atoms with E-state index in [4.69, 9.17) is 14.6 Å². The molecule has 1 saturated heterocycles. The highest BCUT2D eigenvalue weighted by Gasteiger charge is 2.29. The van der Waals surface area contributed by atoms with Crippen LogP contribution in [0.2, 0.25) is 0 Å². The maximum absolute atomic E-state index is 13.8. The Morgan fingerprint density at radius 3 is 2.33 bits per heavy atom. The number of carbonyl (C=O) groups excluding carboxylic acids is 1. The second-order valence-corrected chi connectivity index (χ2v) is 8.90. The number of nitrogens with zero attached hydrogens (tertiary/aromatic N) is 3. The predicted molar refractivity (Wildman–Crippen MR) is 138 cm³/mol. The van der Waals surface area contributed by atoms with Crippen molar-refractivity contribution in [2.24, 2.45) is 0 Å². The third-order valence-electron chi connectivity index (χ3n) is 6.78. The van der Waals surface area contributed by atoms with Crippen LogP contribution in [0.4, 0.5) is 0 Å². The van der Waals surface area contributed by atoms with Crippen LogP contribution in [0.5, 0.6) is 17.2 Å². The number of phenols is 1. The minimum Gasteiger partial charge on any atom is -0.508 e. The summed E-state index contributed by atoms with van der Waals surface area (Å²) in [7, 11) is 3.21. The molecule has 0 saturated carbocycles. The number of methoxy groups -OCH3 is 2. The smallest absolute Gasteiger partial charge is 0.257 e. The van der Waals surface area contributed by atoms with E-state index >= 15 is 0 Å². The van der Waals surface area contributed by atoms with Crippen LogP contribution in [0.15, 0.2) is 79.0 Å². The molecule has 1 aliphatic heterocycles. The molecule has 1 aliphatic rings. The third-order valence-corrected chi connectivity index (χ3v) is 6.78. The maximum Gasteiger partial charge on any atom is 0.257 e. The number of rotatable bonds is 6. The standard InChI is InChI=1S/C29H29N3O4/c1-35-24-12-13-25(27(18-24)36-2)28-26(19-32(30-28)22-6-4-3-5-7-22)29(34)31-16-14-21(15-17-31)20-8-10-23(33)11-9-20/h3-13,18-19,21,33H,14-17H2,1-2H3. The van der Waals surface area contributed by atoms with E-state index in [0.29, 0.717) is 41.8 Å². The first-order valence-electron chi connectivity index (χ1n) is 12.0. The Balaban J connectivity index is 1.46. The van der Waals surface area contributed by atoms with E-state index in [9.17, 15) is 9.90 Å². The Morgan fingerprint density at radius 1 is 0.944 bits per heavy atom. The average molecular weight is 484 g/mol. The molecule has 5 rings (SSSR count). The van der Waals surface area contributed by atoms with Gasteiger partial charge in [0.1, 0.15) is 22.9 Å². The van der Waals surface area contributed by atoms with E-state index < -0.39 is 0 Å². The highest BCUT2D eigenvalue weighted by atomic mass is 16.5. The quantitative estimate of drug-likeness (QED) is 0.404. The zero-order valence-electron chi connectivity index (χ0n) is 20.4. The molecule has 7 heteroatoms. The van der Waals surface area contributed by atoms with Crippen LogP contribution in [0, 0.1) is 0 Å². The Kier molecular flexibility index (Phi) is 6.62. The molecule has 36 heavy (non-hydrogen) atoms. The number of ether oxygens (including phenoxy) is 2. The minimum absolute atomic E-state index is 0.0470. The van der Waals surface area contributed by atoms with Gasteiger partial charge in [-0.25, -0.2) is 4.68 Å². The molecule has 1 amide bonds. The van der Waals surface area contributed by atoms with Crippen LogP contribution in [0.1, 0.15) is 34.7 Å². The summed E-state index contributed by atoms with van der Waals surface area (Å²) in [5.74, 6) is 1.84. The number of amides is 1. The minimum atomic E-state index is -0.0470. The van der Waals surface area contributed by atoms with Gasteiger partial charge in [-0.3, -0.25) is 4.79 Å². The van der Waals surface area contributed by atoms with Crippen molar-refractivity contribution in [3.8, 4) is 34.2 Å². The molecule has 0 aliphatic carbocycles. The second kappa shape index (κ2) is 10.2. The molecule has 0 unspecified atom stereocenters. The van der Waals surface area contributed by atoms with Crippen LogP contribution in [-0.4, -0.2) is 53.0 Å². The van der Waals surface area contributed by atoms with Crippen molar-refractivity contribution < 1.29 is 19.4 Å². The number of hydrogen-bond donors (Lipinski definition) is 1. The van der Waals surface area contributed by atoms with Gasteiger partial charge in [-0.05, 0) is 60.7 Å². The van der Waals surface area contributed by atoms with Gasteiger partial charge < -0.3 is 19.5 Å². The number of carbonyl (C=O) groups is 1. The number of aromatic hydroxyl groups is 1. The lowest BCUT2D eigenvalue weighted by atomic mass is 9.89. The van der Waals surface area contributed by atoms with E-state index in [1.54, 1.807) is 37.1 Å². The van der Waals surface area contributed by atoms with E-state index in [0.717, 1.165) is 24.1 Å². The lowest BCUT2D eigenvalue weighted by Crippen LogP contribution is -2.38. The number of benzene rings is 3. The summed E-state index contributed by atoms with van der Waals surface area (Å²) in [4.78, 5) is 15.7. The molecule has 184 valence electrons. The van der Waals surface area contributed by atoms with Crippen molar-refractivity contribution in [2.45, 2.75) is 18.8 Å². The van der Waals surface area contributed by atoms with E-state index in [1.165, 1.54) is 5.56 Å². The van der Waals surface area contributed by atoms with Gasteiger partial charge in [-0.2, -0.15) is 5.10 Å². The van der Waals surface area contributed by atoms with Crippen LogP contribution in [0.25, 0.3) is 16.9 Å². The number of aromatic nitrogens is 2. The summed E-state index contributed by atoms with van der Waals surface area (Å²) in [6, 6.07) is 22.7. The van der Waals surface area contributed by atoms with Crippen molar-refractivity contribution in [2.75, 3.05) is 27.3 Å². The summed E-state index contributed by atoms with van der Waals surface area (Å²) in [6.45, 7) is 1.31. The topological polar surface area (TPSA) is 76.8 Å². The summed E-state index contributed by atoms with van der Waals surface area (Å²) in [5.41, 5.74) is 3.90. The molecule has 0 radical (unpaired) electrons. The number of piperidine rings is 1. The van der Waals surface area contributed by atoms with E-state index in [-0.39, 0.29) is 11.7 Å². The molecule has 1 fully saturated rings. The summed E-state index contributed by atoms with van der Waals surface area (Å²) in [6.07, 6.45) is 3.54. The van der Waals surface area contributed by atoms with Gasteiger partial charge in [0.25, 0.3) is 5.91 Å². The van der Waals surface area contributed by atoms with Crippen molar-refractivity contribution in [3.63, 3.8) is 0 Å². The third kappa shape index (κ3) is 4.64. The van der Waals surface area contributed by atoms with E-state index in [1.807, 2.05) is 65.7 Å². The zero-order chi connectivity index (χ0) is 25.1. The molecule has 7 nitrogen and oxygen atoms in total. The highest BCUT2D eigenvalue weighted by Crippen LogP contribution is 2.36. The molecular weight excluding hydrogens is 454 g/mol. The number of para-hydroxylation sites is 1. The van der Waals surface area contributed by atoms with Gasteiger partial charge in [0.15, 0.2) is 0 Å². The van der Waals surface area contributed by atoms with Gasteiger partial charge in [0.05, 0.1) is 25.5 Å². The fourth-order valence-electron chi connectivity index (χ4n) is 4.77. The lowest BCUT2D eigenvalue weighted by molar-refractivity contribution is 0.0713. The fourth-order valence-corrected chi connectivity index (χ4v) is 4.77. The SMILES string of the molecule is COc1ccc(-c2nn(-c3ccccc3)cc2C(=O)N2CCC(c3ccc(O)cc3)CC2)c(OC)c1. The molecule has 0 spiro atoms. The van der Waals surface area contributed by atoms with Gasteiger partial charge >= 0.3 is 0 Å². The molecule has 1 N–H and O–H groups in total. The average Bonchev–Trinajstić information content (AvgIpc) is 3.38. The van der Waals surface area contributed by atoms with Crippen molar-refractivity contribution in [1.82, 2.24) is 14.7 Å². The van der Waals surface area contributed by atoms with Gasteiger partial charge in [-0.15, -0.1) is 0 Å². The summed E-state index contributed by atoms with van der Waals surface area (Å²) in [5, 5.41) is 14.4. The van der Waals surface area contributed by atoms with E-state index in [2.05, 4.69) is 0 Å². The predicted octanol–water partition coefficient (Wildman–Crippen LogP) is 5.28. The van der Waals surface area contributed by atoms with Crippen molar-refractivity contribution in [1.29, 1.82) is 0 Å². The number of likely N-dealkylation sites (tertiary alicyclic amines) is 1. The van der Waals surface area contributed by atoms with Crippen LogP contribution in [0.3, 0.4) is 0 Å². The first-order chi connectivity index (χ1) is 17.6. The summed E-state index contributed by atoms with van der Waals surface area (Å²) < 4.78 is 12.7. The maximum atomic E-state index is 13.8. The second-order valence-electron chi connectivity index (χ2n) is 8.90. The Hall–Kier alpha value is -4.26. The normalized spacial score (nSPS) is 14.0. The number of phenolic OH excluding ortho intramolecular Hbond substituents is 1. The van der Waals surface area contributed by atoms with Crippen LogP contribution in [-0.2, 0) is 0 Å². The Labute approximate surface area is 210 Å². The largest absolute Gasteiger partial charge is 0.508 e. The molecule has 0 bridgehead atoms. The highest BCUT2D eigenvalue weighted by molar-refractivity contribution is 6.00. The van der Waals surface area contributed by atoms with Gasteiger partial charge in [0.2, 0.25) is 0 Å². The molecule has 0 atom stereocenters. The molecular formula is C29H29N3O4. The summed E-state index contributed by atoms with van der Waals surface area (Å²) >= 11 is 0. The first-order valence-corrected chi connectivity index (χ1v) is 12.0. The number of hydrogen-bond acceptors (Lipinski definition) is 5. The first kappa shape index (κ1) is 23.5. The Morgan fingerprint density at radius 2 is 1.67 bits per heavy atom. The molecule has 2 heterocycles. The lowest BCUT2D eigenvalue weighted by Gasteiger charge is -2.32. The molecule has 3 aromatic carbocycles. The molecule has 1 aromatic heterocycles. The fraction of sp³-hybridized carbons (Fsp3) is 0.241.